The normalized spacial score (nSPS) is 17.7. The number of carbonyl (C=O) groups excluding carboxylic acids is 1. The number of nitrogens with zero attached hydrogens (tertiary/aromatic N) is 1. The molecule has 1 unspecified atom stereocenters. The van der Waals surface area contributed by atoms with E-state index in [-0.39, 0.29) is 18.2 Å². The molecule has 0 radical (unpaired) electrons. The number of carbonyl (C=O) groups is 1. The molecule has 8 heteroatoms. The maximum Gasteiger partial charge on any atom is 0.228 e. The number of piperidine rings is 1. The fourth-order valence-electron chi connectivity index (χ4n) is 3.34. The Hall–Kier alpha value is -2.45. The van der Waals surface area contributed by atoms with Crippen molar-refractivity contribution in [3.63, 3.8) is 0 Å². The Kier molecular flexibility index (Phi) is 6.87. The number of benzene rings is 2. The molecule has 1 aliphatic rings. The van der Waals surface area contributed by atoms with Gasteiger partial charge in [-0.25, -0.2) is 17.1 Å². The van der Waals surface area contributed by atoms with Crippen molar-refractivity contribution in [3.05, 3.63) is 59.9 Å². The number of amides is 1. The Morgan fingerprint density at radius 3 is 2.52 bits per heavy atom. The standard InChI is InChI=1S/C21H25FN2O4S/c1-2-28-20-11-9-19(10-12-20)23-21(25)17-4-3-13-24(14-17)29(26,27)15-16-5-7-18(22)8-6-16/h5-12,17H,2-4,13-15H2,1H3,(H,23,25). The lowest BCUT2D eigenvalue weighted by molar-refractivity contribution is -0.120. The predicted octanol–water partition coefficient (Wildman–Crippen LogP) is 3.40. The van der Waals surface area contributed by atoms with Gasteiger partial charge in [-0.05, 0) is 61.7 Å². The van der Waals surface area contributed by atoms with Gasteiger partial charge in [0.1, 0.15) is 11.6 Å². The molecule has 1 heterocycles. The van der Waals surface area contributed by atoms with Crippen LogP contribution >= 0.6 is 0 Å². The van der Waals surface area contributed by atoms with Crippen LogP contribution in [0.1, 0.15) is 25.3 Å². The van der Waals surface area contributed by atoms with Gasteiger partial charge in [-0.15, -0.1) is 0 Å². The summed E-state index contributed by atoms with van der Waals surface area (Å²) < 4.78 is 45.3. The first-order valence-electron chi connectivity index (χ1n) is 9.63. The Labute approximate surface area is 170 Å². The van der Waals surface area contributed by atoms with Crippen molar-refractivity contribution in [3.8, 4) is 5.75 Å². The molecule has 0 saturated carbocycles. The van der Waals surface area contributed by atoms with Crippen LogP contribution in [0.2, 0.25) is 0 Å². The minimum atomic E-state index is -3.59. The summed E-state index contributed by atoms with van der Waals surface area (Å²) in [5.74, 6) is -0.508. The van der Waals surface area contributed by atoms with Crippen LogP contribution in [-0.4, -0.2) is 38.3 Å². The third kappa shape index (κ3) is 5.77. The van der Waals surface area contributed by atoms with Gasteiger partial charge in [0.15, 0.2) is 0 Å². The number of sulfonamides is 1. The van der Waals surface area contributed by atoms with Crippen LogP contribution in [0.3, 0.4) is 0 Å². The number of halogens is 1. The maximum absolute atomic E-state index is 13.0. The van der Waals surface area contributed by atoms with Crippen LogP contribution in [0.5, 0.6) is 5.75 Å². The van der Waals surface area contributed by atoms with Crippen LogP contribution in [-0.2, 0) is 20.6 Å². The summed E-state index contributed by atoms with van der Waals surface area (Å²) in [7, 11) is -3.59. The van der Waals surface area contributed by atoms with Crippen molar-refractivity contribution in [1.82, 2.24) is 4.31 Å². The summed E-state index contributed by atoms with van der Waals surface area (Å²) in [6.07, 6.45) is 1.25. The highest BCUT2D eigenvalue weighted by Crippen LogP contribution is 2.23. The highest BCUT2D eigenvalue weighted by Gasteiger charge is 2.32. The number of hydrogen-bond acceptors (Lipinski definition) is 4. The van der Waals surface area contributed by atoms with Crippen LogP contribution in [0.15, 0.2) is 48.5 Å². The van der Waals surface area contributed by atoms with Gasteiger partial charge < -0.3 is 10.1 Å². The summed E-state index contributed by atoms with van der Waals surface area (Å²) in [5, 5.41) is 2.85. The first kappa shape index (κ1) is 21.3. The minimum absolute atomic E-state index is 0.145. The Morgan fingerprint density at radius 2 is 1.86 bits per heavy atom. The zero-order valence-corrected chi connectivity index (χ0v) is 17.1. The number of nitrogens with one attached hydrogen (secondary N) is 1. The summed E-state index contributed by atoms with van der Waals surface area (Å²) in [6, 6.07) is 12.5. The van der Waals surface area contributed by atoms with Crippen LogP contribution in [0.4, 0.5) is 10.1 Å². The van der Waals surface area contributed by atoms with Gasteiger partial charge in [0.05, 0.1) is 18.3 Å². The average molecular weight is 421 g/mol. The fourth-order valence-corrected chi connectivity index (χ4v) is 4.95. The van der Waals surface area contributed by atoms with Gasteiger partial charge in [-0.1, -0.05) is 12.1 Å². The second kappa shape index (κ2) is 9.37. The lowest BCUT2D eigenvalue weighted by Gasteiger charge is -2.31. The quantitative estimate of drug-likeness (QED) is 0.745. The Balaban J connectivity index is 1.61. The summed E-state index contributed by atoms with van der Waals surface area (Å²) in [4.78, 5) is 12.6. The SMILES string of the molecule is CCOc1ccc(NC(=O)C2CCCN(S(=O)(=O)Cc3ccc(F)cc3)C2)cc1. The lowest BCUT2D eigenvalue weighted by Crippen LogP contribution is -2.44. The smallest absolute Gasteiger partial charge is 0.228 e. The van der Waals surface area contributed by atoms with E-state index in [0.29, 0.717) is 37.2 Å². The molecule has 156 valence electrons. The number of rotatable bonds is 7. The van der Waals surface area contributed by atoms with Crippen LogP contribution in [0.25, 0.3) is 0 Å². The lowest BCUT2D eigenvalue weighted by atomic mass is 9.99. The number of hydrogen-bond donors (Lipinski definition) is 1. The molecule has 1 amide bonds. The molecule has 6 nitrogen and oxygen atoms in total. The van der Waals surface area contributed by atoms with Crippen molar-refractivity contribution in [2.45, 2.75) is 25.5 Å². The zero-order chi connectivity index (χ0) is 20.9. The number of ether oxygens (including phenoxy) is 1. The van der Waals surface area contributed by atoms with Gasteiger partial charge in [0.25, 0.3) is 0 Å². The van der Waals surface area contributed by atoms with E-state index in [0.717, 1.165) is 5.75 Å². The molecular formula is C21H25FN2O4S. The van der Waals surface area contributed by atoms with Crippen LogP contribution in [0, 0.1) is 11.7 Å². The Bertz CT molecular complexity index is 930. The van der Waals surface area contributed by atoms with E-state index >= 15 is 0 Å². The maximum atomic E-state index is 13.0. The van der Waals surface area contributed by atoms with E-state index in [4.69, 9.17) is 4.74 Å². The number of anilines is 1. The van der Waals surface area contributed by atoms with Gasteiger partial charge in [0.2, 0.25) is 15.9 Å². The van der Waals surface area contributed by atoms with E-state index in [1.165, 1.54) is 28.6 Å². The molecule has 0 aromatic heterocycles. The molecular weight excluding hydrogens is 395 g/mol. The van der Waals surface area contributed by atoms with E-state index in [1.54, 1.807) is 24.3 Å². The van der Waals surface area contributed by atoms with Crippen molar-refractivity contribution >= 4 is 21.6 Å². The second-order valence-corrected chi connectivity index (χ2v) is 9.00. The largest absolute Gasteiger partial charge is 0.494 e. The summed E-state index contributed by atoms with van der Waals surface area (Å²) in [5.41, 5.74) is 1.16. The molecule has 0 spiro atoms. The van der Waals surface area contributed by atoms with Gasteiger partial charge >= 0.3 is 0 Å². The fraction of sp³-hybridized carbons (Fsp3) is 0.381. The average Bonchev–Trinajstić information content (AvgIpc) is 2.71. The third-order valence-electron chi connectivity index (χ3n) is 4.84. The van der Waals surface area contributed by atoms with Crippen LogP contribution < -0.4 is 10.1 Å². The predicted molar refractivity (Wildman–Crippen MR) is 110 cm³/mol. The van der Waals surface area contributed by atoms with Crippen molar-refractivity contribution in [2.75, 3.05) is 25.0 Å². The minimum Gasteiger partial charge on any atom is -0.494 e. The second-order valence-electron chi connectivity index (χ2n) is 7.03. The molecule has 1 fully saturated rings. The molecule has 3 rings (SSSR count). The molecule has 2 aromatic rings. The van der Waals surface area contributed by atoms with Gasteiger partial charge in [0, 0.05) is 18.8 Å². The summed E-state index contributed by atoms with van der Waals surface area (Å²) >= 11 is 0. The van der Waals surface area contributed by atoms with Gasteiger partial charge in [-0.3, -0.25) is 4.79 Å². The molecule has 1 aliphatic heterocycles. The highest BCUT2D eigenvalue weighted by molar-refractivity contribution is 7.88. The molecule has 29 heavy (non-hydrogen) atoms. The monoisotopic (exact) mass is 420 g/mol. The molecule has 1 N–H and O–H groups in total. The first-order valence-corrected chi connectivity index (χ1v) is 11.2. The highest BCUT2D eigenvalue weighted by atomic mass is 32.2. The third-order valence-corrected chi connectivity index (χ3v) is 6.66. The van der Waals surface area contributed by atoms with E-state index in [1.807, 2.05) is 6.92 Å². The summed E-state index contributed by atoms with van der Waals surface area (Å²) in [6.45, 7) is 2.99. The molecule has 1 saturated heterocycles. The topological polar surface area (TPSA) is 75.7 Å². The van der Waals surface area contributed by atoms with Crippen molar-refractivity contribution < 1.29 is 22.3 Å². The van der Waals surface area contributed by atoms with E-state index in [2.05, 4.69) is 5.32 Å². The molecule has 0 aliphatic carbocycles. The first-order chi connectivity index (χ1) is 13.9. The van der Waals surface area contributed by atoms with Gasteiger partial charge in [-0.2, -0.15) is 0 Å². The van der Waals surface area contributed by atoms with E-state index in [9.17, 15) is 17.6 Å². The van der Waals surface area contributed by atoms with E-state index < -0.39 is 21.8 Å². The van der Waals surface area contributed by atoms with Crippen molar-refractivity contribution in [2.24, 2.45) is 5.92 Å². The van der Waals surface area contributed by atoms with Crippen molar-refractivity contribution in [1.29, 1.82) is 0 Å². The molecule has 2 aromatic carbocycles. The molecule has 0 bridgehead atoms. The Morgan fingerprint density at radius 1 is 1.17 bits per heavy atom. The molecule has 1 atom stereocenters. The zero-order valence-electron chi connectivity index (χ0n) is 16.3.